The van der Waals surface area contributed by atoms with Gasteiger partial charge < -0.3 is 19.5 Å². The number of carbonyl (C=O) groups excluding carboxylic acids is 3. The molecule has 9 nitrogen and oxygen atoms in total. The van der Waals surface area contributed by atoms with Crippen LogP contribution in [0.5, 0.6) is 0 Å². The maximum absolute atomic E-state index is 12.6. The molecule has 0 spiro atoms. The van der Waals surface area contributed by atoms with Gasteiger partial charge in [-0.25, -0.2) is 9.78 Å². The summed E-state index contributed by atoms with van der Waals surface area (Å²) < 4.78 is 5.20. The molecule has 2 aromatic rings. The number of hydrogen-bond donors (Lipinski definition) is 1. The van der Waals surface area contributed by atoms with Crippen LogP contribution in [0.25, 0.3) is 0 Å². The molecule has 0 saturated carbocycles. The Kier molecular flexibility index (Phi) is 5.46. The fourth-order valence-corrected chi connectivity index (χ4v) is 3.63. The second kappa shape index (κ2) is 8.34. The number of aromatic nitrogens is 1. The van der Waals surface area contributed by atoms with E-state index in [1.165, 1.54) is 6.26 Å². The summed E-state index contributed by atoms with van der Waals surface area (Å²) in [6.07, 6.45) is 3.76. The van der Waals surface area contributed by atoms with E-state index in [4.69, 9.17) is 4.42 Å². The molecule has 0 radical (unpaired) electrons. The van der Waals surface area contributed by atoms with E-state index in [0.717, 1.165) is 23.8 Å². The third-order valence-electron chi connectivity index (χ3n) is 5.25. The van der Waals surface area contributed by atoms with Crippen LogP contribution in [0.1, 0.15) is 18.6 Å². The number of piperazine rings is 1. The number of urea groups is 1. The molecule has 0 aliphatic carbocycles. The fraction of sp³-hybridized carbons (Fsp3) is 0.400. The van der Waals surface area contributed by atoms with Crippen LogP contribution in [0.3, 0.4) is 0 Å². The number of pyridine rings is 1. The molecule has 4 heterocycles. The molecule has 4 amide bonds. The zero-order valence-corrected chi connectivity index (χ0v) is 16.0. The van der Waals surface area contributed by atoms with E-state index >= 15 is 0 Å². The normalized spacial score (nSPS) is 19.6. The molecule has 2 aliphatic heterocycles. The number of nitrogens with zero attached hydrogens (tertiary/aromatic N) is 4. The van der Waals surface area contributed by atoms with Gasteiger partial charge >= 0.3 is 6.03 Å². The number of imide groups is 1. The van der Waals surface area contributed by atoms with Gasteiger partial charge in [-0.2, -0.15) is 0 Å². The monoisotopic (exact) mass is 397 g/mol. The van der Waals surface area contributed by atoms with Gasteiger partial charge in [-0.05, 0) is 30.7 Å². The number of amides is 4. The topological polar surface area (TPSA) is 99.0 Å². The average Bonchev–Trinajstić information content (AvgIpc) is 3.36. The van der Waals surface area contributed by atoms with Gasteiger partial charge in [-0.15, -0.1) is 0 Å². The third kappa shape index (κ3) is 4.23. The van der Waals surface area contributed by atoms with Crippen LogP contribution in [0.15, 0.2) is 47.2 Å². The van der Waals surface area contributed by atoms with E-state index in [9.17, 15) is 14.4 Å². The van der Waals surface area contributed by atoms with E-state index in [1.54, 1.807) is 23.2 Å². The Balaban J connectivity index is 1.25. The van der Waals surface area contributed by atoms with E-state index in [1.807, 2.05) is 18.2 Å². The molecule has 4 rings (SSSR count). The lowest BCUT2D eigenvalue weighted by Crippen LogP contribution is -2.49. The lowest BCUT2D eigenvalue weighted by molar-refractivity contribution is -0.132. The molecule has 2 fully saturated rings. The first-order valence-corrected chi connectivity index (χ1v) is 9.70. The number of rotatable bonds is 6. The summed E-state index contributed by atoms with van der Waals surface area (Å²) in [4.78, 5) is 46.6. The summed E-state index contributed by atoms with van der Waals surface area (Å²) in [6, 6.07) is 8.08. The van der Waals surface area contributed by atoms with Gasteiger partial charge in [-0.1, -0.05) is 6.07 Å². The van der Waals surface area contributed by atoms with Crippen LogP contribution in [-0.2, 0) is 16.1 Å². The molecule has 0 bridgehead atoms. The second-order valence-corrected chi connectivity index (χ2v) is 7.10. The van der Waals surface area contributed by atoms with Crippen molar-refractivity contribution in [1.82, 2.24) is 20.1 Å². The standard InChI is InChI=1S/C20H23N5O4/c26-18(24-11-9-23(10-12-24)17-5-1-2-8-21-17)7-6-16-19(27)25(20(28)22-16)14-15-4-3-13-29-15/h1-5,8,13,16H,6-7,9-12,14H2,(H,22,28)/t16-/m1/s1. The van der Waals surface area contributed by atoms with Gasteiger partial charge in [0.1, 0.15) is 17.6 Å². The maximum Gasteiger partial charge on any atom is 0.325 e. The lowest BCUT2D eigenvalue weighted by Gasteiger charge is -2.35. The van der Waals surface area contributed by atoms with Crippen molar-refractivity contribution in [2.24, 2.45) is 0 Å². The molecule has 2 saturated heterocycles. The Morgan fingerprint density at radius 1 is 1.14 bits per heavy atom. The summed E-state index contributed by atoms with van der Waals surface area (Å²) in [5.74, 6) is 1.13. The van der Waals surface area contributed by atoms with Crippen molar-refractivity contribution in [3.8, 4) is 0 Å². The zero-order chi connectivity index (χ0) is 20.2. The molecule has 2 aromatic heterocycles. The minimum atomic E-state index is -0.670. The molecule has 0 unspecified atom stereocenters. The van der Waals surface area contributed by atoms with Crippen molar-refractivity contribution >= 4 is 23.7 Å². The Morgan fingerprint density at radius 3 is 2.66 bits per heavy atom. The molecule has 0 aromatic carbocycles. The molecule has 1 N–H and O–H groups in total. The number of hydrogen-bond acceptors (Lipinski definition) is 6. The molecule has 9 heteroatoms. The first kappa shape index (κ1) is 19.0. The summed E-state index contributed by atoms with van der Waals surface area (Å²) >= 11 is 0. The van der Waals surface area contributed by atoms with Gasteiger partial charge in [0.05, 0.1) is 12.8 Å². The zero-order valence-electron chi connectivity index (χ0n) is 16.0. The highest BCUT2D eigenvalue weighted by Gasteiger charge is 2.38. The third-order valence-corrected chi connectivity index (χ3v) is 5.25. The van der Waals surface area contributed by atoms with Crippen LogP contribution in [0.2, 0.25) is 0 Å². The number of furan rings is 1. The van der Waals surface area contributed by atoms with Crippen LogP contribution in [0.4, 0.5) is 10.6 Å². The lowest BCUT2D eigenvalue weighted by atomic mass is 10.1. The van der Waals surface area contributed by atoms with E-state index in [-0.39, 0.29) is 24.8 Å². The summed E-state index contributed by atoms with van der Waals surface area (Å²) in [5, 5.41) is 2.66. The van der Waals surface area contributed by atoms with E-state index in [0.29, 0.717) is 25.3 Å². The smallest absolute Gasteiger partial charge is 0.325 e. The van der Waals surface area contributed by atoms with Crippen molar-refractivity contribution in [2.75, 3.05) is 31.1 Å². The van der Waals surface area contributed by atoms with Gasteiger partial charge in [-0.3, -0.25) is 14.5 Å². The average molecular weight is 397 g/mol. The summed E-state index contributed by atoms with van der Waals surface area (Å²) in [7, 11) is 0. The predicted molar refractivity (Wildman–Crippen MR) is 104 cm³/mol. The predicted octanol–water partition coefficient (Wildman–Crippen LogP) is 1.22. The largest absolute Gasteiger partial charge is 0.467 e. The quantitative estimate of drug-likeness (QED) is 0.736. The van der Waals surface area contributed by atoms with Crippen molar-refractivity contribution in [3.05, 3.63) is 48.6 Å². The Labute approximate surface area is 168 Å². The second-order valence-electron chi connectivity index (χ2n) is 7.10. The molecule has 29 heavy (non-hydrogen) atoms. The molecule has 152 valence electrons. The highest BCUT2D eigenvalue weighted by Crippen LogP contribution is 2.17. The van der Waals surface area contributed by atoms with Crippen LogP contribution >= 0.6 is 0 Å². The van der Waals surface area contributed by atoms with E-state index < -0.39 is 12.1 Å². The van der Waals surface area contributed by atoms with Gasteiger partial charge in [0.2, 0.25) is 5.91 Å². The van der Waals surface area contributed by atoms with Crippen molar-refractivity contribution in [3.63, 3.8) is 0 Å². The first-order valence-electron chi connectivity index (χ1n) is 9.70. The minimum absolute atomic E-state index is 0.00259. The van der Waals surface area contributed by atoms with Crippen molar-refractivity contribution < 1.29 is 18.8 Å². The Bertz CT molecular complexity index is 862. The Morgan fingerprint density at radius 2 is 1.97 bits per heavy atom. The van der Waals surface area contributed by atoms with Crippen LogP contribution < -0.4 is 10.2 Å². The van der Waals surface area contributed by atoms with E-state index in [2.05, 4.69) is 15.2 Å². The number of anilines is 1. The van der Waals surface area contributed by atoms with Crippen molar-refractivity contribution in [1.29, 1.82) is 0 Å². The number of nitrogens with one attached hydrogen (secondary N) is 1. The van der Waals surface area contributed by atoms with Crippen molar-refractivity contribution in [2.45, 2.75) is 25.4 Å². The Hall–Kier alpha value is -3.36. The van der Waals surface area contributed by atoms with Gasteiger partial charge in [0.15, 0.2) is 0 Å². The summed E-state index contributed by atoms with van der Waals surface area (Å²) in [6.45, 7) is 2.77. The summed E-state index contributed by atoms with van der Waals surface area (Å²) in [5.41, 5.74) is 0. The van der Waals surface area contributed by atoms with Crippen LogP contribution in [0, 0.1) is 0 Å². The minimum Gasteiger partial charge on any atom is -0.467 e. The first-order chi connectivity index (χ1) is 14.1. The molecular formula is C20H23N5O4. The van der Waals surface area contributed by atoms with Gasteiger partial charge in [0, 0.05) is 38.8 Å². The maximum atomic E-state index is 12.6. The molecule has 2 aliphatic rings. The van der Waals surface area contributed by atoms with Gasteiger partial charge in [0.25, 0.3) is 5.91 Å². The highest BCUT2D eigenvalue weighted by atomic mass is 16.3. The molecular weight excluding hydrogens is 374 g/mol. The van der Waals surface area contributed by atoms with Crippen LogP contribution in [-0.4, -0.2) is 64.9 Å². The number of carbonyl (C=O) groups is 3. The SMILES string of the molecule is O=C(CC[C@H]1NC(=O)N(Cc2ccco2)C1=O)N1CCN(c2ccccn2)CC1. The molecule has 1 atom stereocenters. The highest BCUT2D eigenvalue weighted by molar-refractivity contribution is 6.04. The fourth-order valence-electron chi connectivity index (χ4n) is 3.63.